The molecule has 1 aliphatic carbocycles. The highest BCUT2D eigenvalue weighted by Crippen LogP contribution is 2.40. The van der Waals surface area contributed by atoms with E-state index < -0.39 is 0 Å². The zero-order valence-corrected chi connectivity index (χ0v) is 12.6. The van der Waals surface area contributed by atoms with E-state index in [0.29, 0.717) is 0 Å². The third-order valence-electron chi connectivity index (χ3n) is 4.33. The van der Waals surface area contributed by atoms with Crippen LogP contribution in [-0.2, 0) is 0 Å². The van der Waals surface area contributed by atoms with Crippen molar-refractivity contribution in [1.29, 1.82) is 0 Å². The molecule has 1 aromatic heterocycles. The molecule has 110 valence electrons. The summed E-state index contributed by atoms with van der Waals surface area (Å²) < 4.78 is 0. The van der Waals surface area contributed by atoms with Gasteiger partial charge in [0, 0.05) is 12.4 Å². The van der Waals surface area contributed by atoms with Crippen molar-refractivity contribution in [2.45, 2.75) is 44.6 Å². The minimum absolute atomic E-state index is 0.149. The van der Waals surface area contributed by atoms with Gasteiger partial charge < -0.3 is 5.32 Å². The second-order valence-electron chi connectivity index (χ2n) is 5.77. The molecule has 0 radical (unpaired) electrons. The maximum atomic E-state index is 4.53. The molecule has 2 aromatic rings. The summed E-state index contributed by atoms with van der Waals surface area (Å²) in [6, 6.07) is 8.97. The van der Waals surface area contributed by atoms with Gasteiger partial charge in [0.05, 0.1) is 17.9 Å². The van der Waals surface area contributed by atoms with Gasteiger partial charge in [0.2, 0.25) is 0 Å². The van der Waals surface area contributed by atoms with Crippen molar-refractivity contribution < 1.29 is 0 Å². The molecule has 0 amide bonds. The molecule has 3 rings (SSSR count). The Kier molecular flexibility index (Phi) is 4.61. The molecule has 1 heterocycles. The Bertz CT molecular complexity index is 564. The van der Waals surface area contributed by atoms with Crippen molar-refractivity contribution in [1.82, 2.24) is 15.3 Å². The van der Waals surface area contributed by atoms with E-state index in [1.165, 1.54) is 30.4 Å². The number of hydrogen-bond acceptors (Lipinski definition) is 3. The Hall–Kier alpha value is -1.74. The molecule has 0 saturated heterocycles. The predicted octanol–water partition coefficient (Wildman–Crippen LogP) is 3.83. The molecule has 1 N–H and O–H groups in total. The van der Waals surface area contributed by atoms with Gasteiger partial charge in [0.1, 0.15) is 0 Å². The number of hydrogen-bond donors (Lipinski definition) is 1. The standard InChI is InChI=1S/C18H23N3/c1-2-10-21-18(17-13-19-11-12-20-17)16-9-4-3-8-15(16)14-6-5-7-14/h3-4,8-9,11-14,18,21H,2,5-7,10H2,1H3. The van der Waals surface area contributed by atoms with Crippen LogP contribution < -0.4 is 5.32 Å². The third-order valence-corrected chi connectivity index (χ3v) is 4.33. The predicted molar refractivity (Wildman–Crippen MR) is 85.2 cm³/mol. The van der Waals surface area contributed by atoms with E-state index in [9.17, 15) is 0 Å². The third kappa shape index (κ3) is 3.13. The average Bonchev–Trinajstić information content (AvgIpc) is 2.48. The quantitative estimate of drug-likeness (QED) is 0.874. The van der Waals surface area contributed by atoms with Gasteiger partial charge in [-0.1, -0.05) is 37.6 Å². The van der Waals surface area contributed by atoms with E-state index in [0.717, 1.165) is 24.6 Å². The number of benzene rings is 1. The largest absolute Gasteiger partial charge is 0.305 e. The SMILES string of the molecule is CCCNC(c1cnccn1)c1ccccc1C1CCC1. The highest BCUT2D eigenvalue weighted by molar-refractivity contribution is 5.37. The van der Waals surface area contributed by atoms with E-state index >= 15 is 0 Å². The molecule has 0 spiro atoms. The van der Waals surface area contributed by atoms with E-state index in [2.05, 4.69) is 46.5 Å². The second-order valence-corrected chi connectivity index (χ2v) is 5.77. The van der Waals surface area contributed by atoms with E-state index in [1.54, 1.807) is 12.4 Å². The Labute approximate surface area is 126 Å². The maximum Gasteiger partial charge on any atom is 0.0801 e. The van der Waals surface area contributed by atoms with Gasteiger partial charge in [-0.3, -0.25) is 9.97 Å². The molecule has 21 heavy (non-hydrogen) atoms. The smallest absolute Gasteiger partial charge is 0.0801 e. The van der Waals surface area contributed by atoms with Gasteiger partial charge in [-0.15, -0.1) is 0 Å². The first-order chi connectivity index (χ1) is 10.4. The van der Waals surface area contributed by atoms with E-state index in [4.69, 9.17) is 0 Å². The summed E-state index contributed by atoms with van der Waals surface area (Å²) in [5.41, 5.74) is 3.87. The molecular formula is C18H23N3. The zero-order chi connectivity index (χ0) is 14.5. The van der Waals surface area contributed by atoms with Gasteiger partial charge in [-0.25, -0.2) is 0 Å². The number of aromatic nitrogens is 2. The van der Waals surface area contributed by atoms with E-state index in [1.807, 2.05) is 6.20 Å². The van der Waals surface area contributed by atoms with Crippen LogP contribution in [0.3, 0.4) is 0 Å². The number of nitrogens with one attached hydrogen (secondary N) is 1. The summed E-state index contributed by atoms with van der Waals surface area (Å²) in [4.78, 5) is 8.77. The average molecular weight is 281 g/mol. The van der Waals surface area contributed by atoms with Crippen LogP contribution in [0.2, 0.25) is 0 Å². The van der Waals surface area contributed by atoms with Crippen LogP contribution in [0.1, 0.15) is 61.4 Å². The first-order valence-corrected chi connectivity index (χ1v) is 7.98. The number of nitrogens with zero attached hydrogens (tertiary/aromatic N) is 2. The van der Waals surface area contributed by atoms with Crippen molar-refractivity contribution in [3.05, 3.63) is 59.7 Å². The molecule has 1 fully saturated rings. The van der Waals surface area contributed by atoms with Gasteiger partial charge in [-0.2, -0.15) is 0 Å². The van der Waals surface area contributed by atoms with Crippen molar-refractivity contribution in [2.75, 3.05) is 6.54 Å². The molecular weight excluding hydrogens is 258 g/mol. The van der Waals surface area contributed by atoms with Gasteiger partial charge in [0.15, 0.2) is 0 Å². The Morgan fingerprint density at radius 3 is 2.76 bits per heavy atom. The molecule has 1 saturated carbocycles. The van der Waals surface area contributed by atoms with Crippen LogP contribution in [0, 0.1) is 0 Å². The first-order valence-electron chi connectivity index (χ1n) is 7.98. The van der Waals surface area contributed by atoms with Gasteiger partial charge in [0.25, 0.3) is 0 Å². The fourth-order valence-electron chi connectivity index (χ4n) is 2.99. The van der Waals surface area contributed by atoms with Crippen LogP contribution in [0.4, 0.5) is 0 Å². The second kappa shape index (κ2) is 6.81. The van der Waals surface area contributed by atoms with Crippen molar-refractivity contribution in [3.63, 3.8) is 0 Å². The topological polar surface area (TPSA) is 37.8 Å². The summed E-state index contributed by atoms with van der Waals surface area (Å²) in [5, 5.41) is 3.64. The molecule has 3 heteroatoms. The lowest BCUT2D eigenvalue weighted by Gasteiger charge is -2.30. The molecule has 3 nitrogen and oxygen atoms in total. The van der Waals surface area contributed by atoms with Crippen molar-refractivity contribution in [3.8, 4) is 0 Å². The molecule has 0 bridgehead atoms. The van der Waals surface area contributed by atoms with Crippen LogP contribution >= 0.6 is 0 Å². The summed E-state index contributed by atoms with van der Waals surface area (Å²) in [5.74, 6) is 0.726. The Morgan fingerprint density at radius 2 is 2.10 bits per heavy atom. The summed E-state index contributed by atoms with van der Waals surface area (Å²) in [7, 11) is 0. The summed E-state index contributed by atoms with van der Waals surface area (Å²) in [6.45, 7) is 3.18. The molecule has 1 aliphatic rings. The van der Waals surface area contributed by atoms with Crippen LogP contribution in [0.15, 0.2) is 42.9 Å². The minimum atomic E-state index is 0.149. The minimum Gasteiger partial charge on any atom is -0.305 e. The van der Waals surface area contributed by atoms with E-state index in [-0.39, 0.29) is 6.04 Å². The monoisotopic (exact) mass is 281 g/mol. The fourth-order valence-corrected chi connectivity index (χ4v) is 2.99. The zero-order valence-electron chi connectivity index (χ0n) is 12.6. The molecule has 1 atom stereocenters. The van der Waals surface area contributed by atoms with Crippen molar-refractivity contribution >= 4 is 0 Å². The lowest BCUT2D eigenvalue weighted by Crippen LogP contribution is -2.26. The molecule has 1 unspecified atom stereocenters. The summed E-state index contributed by atoms with van der Waals surface area (Å²) >= 11 is 0. The highest BCUT2D eigenvalue weighted by Gasteiger charge is 2.26. The van der Waals surface area contributed by atoms with Gasteiger partial charge in [-0.05, 0) is 42.9 Å². The van der Waals surface area contributed by atoms with Crippen LogP contribution in [0.5, 0.6) is 0 Å². The fraction of sp³-hybridized carbons (Fsp3) is 0.444. The highest BCUT2D eigenvalue weighted by atomic mass is 14.9. The van der Waals surface area contributed by atoms with Crippen LogP contribution in [0.25, 0.3) is 0 Å². The van der Waals surface area contributed by atoms with Crippen LogP contribution in [-0.4, -0.2) is 16.5 Å². The summed E-state index contributed by atoms with van der Waals surface area (Å²) in [6.07, 6.45) is 10.5. The number of rotatable bonds is 6. The molecule has 1 aromatic carbocycles. The van der Waals surface area contributed by atoms with Crippen molar-refractivity contribution in [2.24, 2.45) is 0 Å². The Balaban J connectivity index is 1.96. The Morgan fingerprint density at radius 1 is 1.24 bits per heavy atom. The molecule has 0 aliphatic heterocycles. The normalized spacial score (nSPS) is 16.4. The van der Waals surface area contributed by atoms with Gasteiger partial charge >= 0.3 is 0 Å². The lowest BCUT2D eigenvalue weighted by molar-refractivity contribution is 0.413. The lowest BCUT2D eigenvalue weighted by atomic mass is 9.77. The first kappa shape index (κ1) is 14.2. The maximum absolute atomic E-state index is 4.53.